The molecule has 29 heavy (non-hydrogen) atoms. The number of aryl methyl sites for hydroxylation is 1. The standard InChI is InChI=1S/C23H30FN3O.HI/c1-3-25-23(26-15-18-11-12-21(24)17(2)14-18)27-16-20-10-7-13-28-22(20)19-8-5-4-6-9-19;/h4-6,8-9,11-12,14,20,22H,3,7,10,13,15-16H2,1-2H3,(H2,25,26,27);1H. The summed E-state index contributed by atoms with van der Waals surface area (Å²) >= 11 is 0. The van der Waals surface area contributed by atoms with E-state index in [0.29, 0.717) is 18.0 Å². The van der Waals surface area contributed by atoms with E-state index >= 15 is 0 Å². The zero-order chi connectivity index (χ0) is 19.8. The monoisotopic (exact) mass is 511 g/mol. The smallest absolute Gasteiger partial charge is 0.191 e. The number of nitrogens with one attached hydrogen (secondary N) is 2. The maximum absolute atomic E-state index is 13.4. The van der Waals surface area contributed by atoms with Gasteiger partial charge in [0.15, 0.2) is 5.96 Å². The lowest BCUT2D eigenvalue weighted by molar-refractivity contribution is -0.0265. The van der Waals surface area contributed by atoms with E-state index in [1.54, 1.807) is 13.0 Å². The van der Waals surface area contributed by atoms with Gasteiger partial charge in [-0.2, -0.15) is 0 Å². The van der Waals surface area contributed by atoms with Gasteiger partial charge >= 0.3 is 0 Å². The fraction of sp³-hybridized carbons (Fsp3) is 0.435. The summed E-state index contributed by atoms with van der Waals surface area (Å²) < 4.78 is 19.5. The van der Waals surface area contributed by atoms with Gasteiger partial charge in [-0.05, 0) is 49.4 Å². The van der Waals surface area contributed by atoms with E-state index in [4.69, 9.17) is 4.74 Å². The number of nitrogens with zero attached hydrogens (tertiary/aromatic N) is 1. The summed E-state index contributed by atoms with van der Waals surface area (Å²) in [4.78, 5) is 4.67. The average Bonchev–Trinajstić information content (AvgIpc) is 2.73. The molecule has 6 heteroatoms. The van der Waals surface area contributed by atoms with E-state index in [2.05, 4.69) is 46.8 Å². The summed E-state index contributed by atoms with van der Waals surface area (Å²) in [5.74, 6) is 0.997. The summed E-state index contributed by atoms with van der Waals surface area (Å²) in [5, 5.41) is 6.77. The van der Waals surface area contributed by atoms with E-state index < -0.39 is 0 Å². The number of rotatable bonds is 6. The third kappa shape index (κ3) is 6.96. The highest BCUT2D eigenvalue weighted by molar-refractivity contribution is 14.0. The average molecular weight is 511 g/mol. The lowest BCUT2D eigenvalue weighted by Gasteiger charge is -2.32. The lowest BCUT2D eigenvalue weighted by Crippen LogP contribution is -2.42. The Hall–Kier alpha value is -1.67. The van der Waals surface area contributed by atoms with Crippen molar-refractivity contribution in [3.8, 4) is 0 Å². The van der Waals surface area contributed by atoms with E-state index in [9.17, 15) is 4.39 Å². The van der Waals surface area contributed by atoms with Gasteiger partial charge in [0, 0.05) is 25.6 Å². The van der Waals surface area contributed by atoms with E-state index in [1.165, 1.54) is 11.6 Å². The number of benzene rings is 2. The predicted octanol–water partition coefficient (Wildman–Crippen LogP) is 4.98. The van der Waals surface area contributed by atoms with Crippen molar-refractivity contribution in [1.82, 2.24) is 10.6 Å². The largest absolute Gasteiger partial charge is 0.373 e. The Labute approximate surface area is 190 Å². The van der Waals surface area contributed by atoms with Crippen LogP contribution in [-0.4, -0.2) is 25.7 Å². The van der Waals surface area contributed by atoms with E-state index in [-0.39, 0.29) is 35.9 Å². The minimum atomic E-state index is -0.179. The Balaban J connectivity index is 0.00000300. The molecule has 0 aliphatic carbocycles. The minimum absolute atomic E-state index is 0. The highest BCUT2D eigenvalue weighted by Crippen LogP contribution is 2.33. The molecule has 0 amide bonds. The molecule has 2 unspecified atom stereocenters. The SMILES string of the molecule is CCNC(=NCc1ccc(F)c(C)c1)NCC1CCCOC1c1ccccc1.I. The molecule has 0 radical (unpaired) electrons. The number of halogens is 2. The Kier molecular flexibility index (Phi) is 9.87. The van der Waals surface area contributed by atoms with Crippen LogP contribution in [0.3, 0.4) is 0 Å². The third-order valence-electron chi connectivity index (χ3n) is 5.09. The first-order valence-corrected chi connectivity index (χ1v) is 10.1. The van der Waals surface area contributed by atoms with E-state index in [1.807, 2.05) is 12.1 Å². The van der Waals surface area contributed by atoms with Crippen LogP contribution in [0.5, 0.6) is 0 Å². The molecule has 1 fully saturated rings. The van der Waals surface area contributed by atoms with Crippen molar-refractivity contribution in [2.75, 3.05) is 19.7 Å². The second kappa shape index (κ2) is 12.1. The van der Waals surface area contributed by atoms with Crippen LogP contribution in [0.1, 0.15) is 42.6 Å². The molecule has 0 saturated carbocycles. The van der Waals surface area contributed by atoms with Gasteiger partial charge in [-0.15, -0.1) is 24.0 Å². The fourth-order valence-electron chi connectivity index (χ4n) is 3.61. The van der Waals surface area contributed by atoms with Crippen molar-refractivity contribution in [2.45, 2.75) is 39.3 Å². The lowest BCUT2D eigenvalue weighted by atomic mass is 9.89. The molecule has 0 aromatic heterocycles. The van der Waals surface area contributed by atoms with Gasteiger partial charge in [-0.3, -0.25) is 0 Å². The number of guanidine groups is 1. The maximum Gasteiger partial charge on any atom is 0.191 e. The van der Waals surface area contributed by atoms with Crippen LogP contribution < -0.4 is 10.6 Å². The van der Waals surface area contributed by atoms with Gasteiger partial charge in [0.25, 0.3) is 0 Å². The number of ether oxygens (including phenoxy) is 1. The van der Waals surface area contributed by atoms with Crippen LogP contribution in [0.2, 0.25) is 0 Å². The van der Waals surface area contributed by atoms with Crippen LogP contribution in [0.4, 0.5) is 4.39 Å². The molecular weight excluding hydrogens is 480 g/mol. The van der Waals surface area contributed by atoms with Gasteiger partial charge < -0.3 is 15.4 Å². The van der Waals surface area contributed by atoms with E-state index in [0.717, 1.165) is 44.1 Å². The molecule has 158 valence electrons. The van der Waals surface area contributed by atoms with Crippen molar-refractivity contribution in [1.29, 1.82) is 0 Å². The highest BCUT2D eigenvalue weighted by Gasteiger charge is 2.27. The first-order valence-electron chi connectivity index (χ1n) is 10.1. The summed E-state index contributed by atoms with van der Waals surface area (Å²) in [5.41, 5.74) is 2.88. The van der Waals surface area contributed by atoms with Crippen LogP contribution in [0.25, 0.3) is 0 Å². The molecule has 1 aliphatic heterocycles. The zero-order valence-electron chi connectivity index (χ0n) is 17.2. The molecular formula is C23H31FIN3O. The van der Waals surface area contributed by atoms with Gasteiger partial charge in [0.05, 0.1) is 12.6 Å². The number of hydrogen-bond donors (Lipinski definition) is 2. The van der Waals surface area contributed by atoms with Gasteiger partial charge in [0.1, 0.15) is 5.82 Å². The van der Waals surface area contributed by atoms with Crippen LogP contribution in [0.15, 0.2) is 53.5 Å². The summed E-state index contributed by atoms with van der Waals surface area (Å²) in [6, 6.07) is 15.6. The van der Waals surface area contributed by atoms with Crippen LogP contribution in [0, 0.1) is 18.7 Å². The first-order chi connectivity index (χ1) is 13.7. The molecule has 1 heterocycles. The van der Waals surface area contributed by atoms with Crippen LogP contribution in [-0.2, 0) is 11.3 Å². The van der Waals surface area contributed by atoms with Crippen molar-refractivity contribution < 1.29 is 9.13 Å². The zero-order valence-corrected chi connectivity index (χ0v) is 19.5. The van der Waals surface area contributed by atoms with Gasteiger partial charge in [-0.25, -0.2) is 9.38 Å². The number of aliphatic imine (C=N–C) groups is 1. The Morgan fingerprint density at radius 2 is 1.97 bits per heavy atom. The topological polar surface area (TPSA) is 45.7 Å². The van der Waals surface area contributed by atoms with Crippen molar-refractivity contribution in [2.24, 2.45) is 10.9 Å². The summed E-state index contributed by atoms with van der Waals surface area (Å²) in [6.45, 7) is 6.74. The number of hydrogen-bond acceptors (Lipinski definition) is 2. The molecule has 1 saturated heterocycles. The molecule has 0 bridgehead atoms. The Bertz CT molecular complexity index is 785. The second-order valence-electron chi connectivity index (χ2n) is 7.26. The van der Waals surface area contributed by atoms with Gasteiger partial charge in [0.2, 0.25) is 0 Å². The maximum atomic E-state index is 13.4. The third-order valence-corrected chi connectivity index (χ3v) is 5.09. The molecule has 2 aromatic rings. The Morgan fingerprint density at radius 1 is 1.17 bits per heavy atom. The molecule has 2 N–H and O–H groups in total. The molecule has 0 spiro atoms. The Morgan fingerprint density at radius 3 is 2.69 bits per heavy atom. The molecule has 2 atom stereocenters. The first kappa shape index (κ1) is 23.6. The highest BCUT2D eigenvalue weighted by atomic mass is 127. The molecule has 4 nitrogen and oxygen atoms in total. The molecule has 1 aliphatic rings. The van der Waals surface area contributed by atoms with Crippen molar-refractivity contribution in [3.63, 3.8) is 0 Å². The molecule has 3 rings (SSSR count). The van der Waals surface area contributed by atoms with Crippen LogP contribution >= 0.6 is 24.0 Å². The normalized spacial score (nSPS) is 19.3. The second-order valence-corrected chi connectivity index (χ2v) is 7.26. The summed E-state index contributed by atoms with van der Waals surface area (Å²) in [7, 11) is 0. The summed E-state index contributed by atoms with van der Waals surface area (Å²) in [6.07, 6.45) is 2.33. The quantitative estimate of drug-likeness (QED) is 0.327. The minimum Gasteiger partial charge on any atom is -0.373 e. The molecule has 2 aromatic carbocycles. The van der Waals surface area contributed by atoms with Crippen molar-refractivity contribution >= 4 is 29.9 Å². The van der Waals surface area contributed by atoms with Gasteiger partial charge in [-0.1, -0.05) is 42.5 Å². The van der Waals surface area contributed by atoms with Crippen molar-refractivity contribution in [3.05, 3.63) is 71.0 Å². The fourth-order valence-corrected chi connectivity index (χ4v) is 3.61. The predicted molar refractivity (Wildman–Crippen MR) is 127 cm³/mol.